The highest BCUT2D eigenvalue weighted by molar-refractivity contribution is 14.0. The Hall–Kier alpha value is -2.49. The fourth-order valence-electron chi connectivity index (χ4n) is 3.78. The van der Waals surface area contributed by atoms with Gasteiger partial charge in [-0.25, -0.2) is 0 Å². The van der Waals surface area contributed by atoms with Crippen LogP contribution in [0.3, 0.4) is 0 Å². The summed E-state index contributed by atoms with van der Waals surface area (Å²) in [6.45, 7) is 1.26. The average molecular weight is 566 g/mol. The molecule has 0 unspecified atom stereocenters. The number of hydrogen-bond donors (Lipinski definition) is 3. The Morgan fingerprint density at radius 3 is 2.48 bits per heavy atom. The molecule has 1 aliphatic carbocycles. The summed E-state index contributed by atoms with van der Waals surface area (Å²) in [6.07, 6.45) is 5.61. The van der Waals surface area contributed by atoms with Crippen molar-refractivity contribution in [2.45, 2.75) is 44.8 Å². The molecule has 3 rings (SSSR count). The quantitative estimate of drug-likeness (QED) is 0.232. The van der Waals surface area contributed by atoms with Gasteiger partial charge in [0.2, 0.25) is 5.91 Å². The van der Waals surface area contributed by atoms with Crippen LogP contribution in [0.1, 0.15) is 36.8 Å². The molecule has 180 valence electrons. The number of para-hydroxylation sites is 1. The zero-order valence-corrected chi connectivity index (χ0v) is 21.8. The third-order valence-corrected chi connectivity index (χ3v) is 5.53. The standard InChI is InChI=1S/C25H34N4O3.HI/c1-26-25(29-18-23(30)27-16-15-19-9-4-3-5-10-19)28-17-20-11-8-14-22(31-2)24(20)32-21-12-6-7-13-21;/h3-5,8-11,14,21H,6-7,12-13,15-18H2,1-2H3,(H,27,30)(H2,26,28,29);1H. The number of benzene rings is 2. The van der Waals surface area contributed by atoms with Crippen molar-refractivity contribution in [3.05, 3.63) is 59.7 Å². The number of halogens is 1. The predicted molar refractivity (Wildman–Crippen MR) is 143 cm³/mol. The van der Waals surface area contributed by atoms with E-state index >= 15 is 0 Å². The number of carbonyl (C=O) groups is 1. The van der Waals surface area contributed by atoms with Gasteiger partial charge in [-0.2, -0.15) is 0 Å². The lowest BCUT2D eigenvalue weighted by Gasteiger charge is -2.20. The number of nitrogens with zero attached hydrogens (tertiary/aromatic N) is 1. The molecular weight excluding hydrogens is 531 g/mol. The van der Waals surface area contributed by atoms with Crippen LogP contribution < -0.4 is 25.4 Å². The maximum atomic E-state index is 12.2. The number of methoxy groups -OCH3 is 1. The number of aliphatic imine (C=N–C) groups is 1. The van der Waals surface area contributed by atoms with Crippen molar-refractivity contribution in [1.82, 2.24) is 16.0 Å². The van der Waals surface area contributed by atoms with Crippen LogP contribution in [0.4, 0.5) is 0 Å². The molecule has 1 fully saturated rings. The van der Waals surface area contributed by atoms with Gasteiger partial charge in [0.05, 0.1) is 19.8 Å². The number of amides is 1. The molecular formula is C25H35IN4O3. The summed E-state index contributed by atoms with van der Waals surface area (Å²) >= 11 is 0. The Morgan fingerprint density at radius 2 is 1.79 bits per heavy atom. The largest absolute Gasteiger partial charge is 0.493 e. The Balaban J connectivity index is 0.00000385. The summed E-state index contributed by atoms with van der Waals surface area (Å²) in [5, 5.41) is 9.26. The lowest BCUT2D eigenvalue weighted by atomic mass is 10.1. The van der Waals surface area contributed by atoms with Crippen molar-refractivity contribution >= 4 is 35.8 Å². The van der Waals surface area contributed by atoms with E-state index in [2.05, 4.69) is 33.1 Å². The van der Waals surface area contributed by atoms with E-state index in [1.165, 1.54) is 18.4 Å². The van der Waals surface area contributed by atoms with Crippen LogP contribution in [-0.4, -0.2) is 45.2 Å². The van der Waals surface area contributed by atoms with Crippen LogP contribution in [0.5, 0.6) is 11.5 Å². The minimum atomic E-state index is -0.0736. The van der Waals surface area contributed by atoms with Gasteiger partial charge >= 0.3 is 0 Å². The van der Waals surface area contributed by atoms with E-state index in [1.54, 1.807) is 14.2 Å². The van der Waals surface area contributed by atoms with Gasteiger partial charge in [0.1, 0.15) is 0 Å². The van der Waals surface area contributed by atoms with E-state index in [1.807, 2.05) is 36.4 Å². The molecule has 0 bridgehead atoms. The van der Waals surface area contributed by atoms with Crippen LogP contribution in [0.2, 0.25) is 0 Å². The molecule has 1 aliphatic rings. The third-order valence-electron chi connectivity index (χ3n) is 5.53. The molecule has 0 spiro atoms. The van der Waals surface area contributed by atoms with Crippen molar-refractivity contribution in [3.63, 3.8) is 0 Å². The number of ether oxygens (including phenoxy) is 2. The van der Waals surface area contributed by atoms with Crippen molar-refractivity contribution in [1.29, 1.82) is 0 Å². The van der Waals surface area contributed by atoms with Crippen molar-refractivity contribution in [2.24, 2.45) is 4.99 Å². The minimum absolute atomic E-state index is 0. The van der Waals surface area contributed by atoms with E-state index in [0.717, 1.165) is 36.3 Å². The third kappa shape index (κ3) is 8.75. The fourth-order valence-corrected chi connectivity index (χ4v) is 3.78. The highest BCUT2D eigenvalue weighted by Gasteiger charge is 2.20. The second-order valence-corrected chi connectivity index (χ2v) is 7.84. The van der Waals surface area contributed by atoms with E-state index in [4.69, 9.17) is 9.47 Å². The normalized spacial score (nSPS) is 13.7. The first-order valence-corrected chi connectivity index (χ1v) is 11.3. The topological polar surface area (TPSA) is 84.0 Å². The molecule has 0 atom stereocenters. The zero-order valence-electron chi connectivity index (χ0n) is 19.4. The number of nitrogens with one attached hydrogen (secondary N) is 3. The SMILES string of the molecule is CN=C(NCC(=O)NCCc1ccccc1)NCc1cccc(OC)c1OC1CCCC1.I. The first-order valence-electron chi connectivity index (χ1n) is 11.3. The molecule has 1 saturated carbocycles. The Morgan fingerprint density at radius 1 is 1.03 bits per heavy atom. The van der Waals surface area contributed by atoms with Gasteiger partial charge in [0.15, 0.2) is 17.5 Å². The molecule has 0 saturated heterocycles. The summed E-state index contributed by atoms with van der Waals surface area (Å²) in [4.78, 5) is 16.4. The number of guanidine groups is 1. The molecule has 0 aliphatic heterocycles. The summed E-state index contributed by atoms with van der Waals surface area (Å²) in [5.74, 6) is 1.99. The highest BCUT2D eigenvalue weighted by Crippen LogP contribution is 2.34. The first kappa shape index (κ1) is 26.8. The molecule has 2 aromatic carbocycles. The average Bonchev–Trinajstić information content (AvgIpc) is 3.34. The van der Waals surface area contributed by atoms with Crippen molar-refractivity contribution in [3.8, 4) is 11.5 Å². The number of hydrogen-bond acceptors (Lipinski definition) is 4. The Labute approximate surface area is 213 Å². The molecule has 8 heteroatoms. The lowest BCUT2D eigenvalue weighted by molar-refractivity contribution is -0.119. The Kier molecular flexibility index (Phi) is 11.9. The van der Waals surface area contributed by atoms with Crippen LogP contribution in [0, 0.1) is 0 Å². The molecule has 0 heterocycles. The van der Waals surface area contributed by atoms with Gasteiger partial charge in [0.25, 0.3) is 0 Å². The molecule has 7 nitrogen and oxygen atoms in total. The molecule has 0 radical (unpaired) electrons. The van der Waals surface area contributed by atoms with E-state index in [9.17, 15) is 4.79 Å². The van der Waals surface area contributed by atoms with Gasteiger partial charge in [-0.05, 0) is 43.7 Å². The molecule has 33 heavy (non-hydrogen) atoms. The summed E-state index contributed by atoms with van der Waals surface area (Å²) < 4.78 is 11.8. The monoisotopic (exact) mass is 566 g/mol. The van der Waals surface area contributed by atoms with Crippen LogP contribution in [0.25, 0.3) is 0 Å². The van der Waals surface area contributed by atoms with Crippen molar-refractivity contribution < 1.29 is 14.3 Å². The summed E-state index contributed by atoms with van der Waals surface area (Å²) in [6, 6.07) is 16.0. The second kappa shape index (κ2) is 14.6. The van der Waals surface area contributed by atoms with E-state index < -0.39 is 0 Å². The van der Waals surface area contributed by atoms with Gasteiger partial charge in [0, 0.05) is 25.7 Å². The maximum Gasteiger partial charge on any atom is 0.239 e. The van der Waals surface area contributed by atoms with Gasteiger partial charge < -0.3 is 25.4 Å². The molecule has 3 N–H and O–H groups in total. The van der Waals surface area contributed by atoms with Gasteiger partial charge in [-0.3, -0.25) is 9.79 Å². The first-order chi connectivity index (χ1) is 15.7. The smallest absolute Gasteiger partial charge is 0.239 e. The Bertz CT molecular complexity index is 886. The summed E-state index contributed by atoms with van der Waals surface area (Å²) in [5.41, 5.74) is 2.19. The zero-order chi connectivity index (χ0) is 22.6. The van der Waals surface area contributed by atoms with Crippen LogP contribution in [-0.2, 0) is 17.8 Å². The second-order valence-electron chi connectivity index (χ2n) is 7.84. The van der Waals surface area contributed by atoms with Gasteiger partial charge in [-0.1, -0.05) is 42.5 Å². The van der Waals surface area contributed by atoms with Gasteiger partial charge in [-0.15, -0.1) is 24.0 Å². The molecule has 2 aromatic rings. The number of rotatable bonds is 10. The molecule has 0 aromatic heterocycles. The van der Waals surface area contributed by atoms with Crippen molar-refractivity contribution in [2.75, 3.05) is 27.2 Å². The van der Waals surface area contributed by atoms with Crippen LogP contribution in [0.15, 0.2) is 53.5 Å². The fraction of sp³-hybridized carbons (Fsp3) is 0.440. The minimum Gasteiger partial charge on any atom is -0.493 e. The highest BCUT2D eigenvalue weighted by atomic mass is 127. The number of carbonyl (C=O) groups excluding carboxylic acids is 1. The van der Waals surface area contributed by atoms with Crippen LogP contribution >= 0.6 is 24.0 Å². The van der Waals surface area contributed by atoms with E-state index in [-0.39, 0.29) is 42.5 Å². The maximum absolute atomic E-state index is 12.2. The lowest BCUT2D eigenvalue weighted by Crippen LogP contribution is -2.43. The van der Waals surface area contributed by atoms with E-state index in [0.29, 0.717) is 19.0 Å². The predicted octanol–water partition coefficient (Wildman–Crippen LogP) is 3.66. The molecule has 1 amide bonds. The summed E-state index contributed by atoms with van der Waals surface area (Å²) in [7, 11) is 3.34.